The zero-order valence-corrected chi connectivity index (χ0v) is 30.7. The highest BCUT2D eigenvalue weighted by molar-refractivity contribution is 7.22. The second kappa shape index (κ2) is 16.9. The fourth-order valence-corrected chi connectivity index (χ4v) is 7.75. The lowest BCUT2D eigenvalue weighted by molar-refractivity contribution is 0.0818. The molecule has 2 N–H and O–H groups in total. The molecule has 0 saturated carbocycles. The lowest BCUT2D eigenvalue weighted by atomic mass is 10.1. The van der Waals surface area contributed by atoms with E-state index in [1.165, 1.54) is 22.0 Å². The summed E-state index contributed by atoms with van der Waals surface area (Å²) in [5.74, 6) is -1.60. The van der Waals surface area contributed by atoms with Gasteiger partial charge in [0.2, 0.25) is 0 Å². The minimum absolute atomic E-state index is 0.231. The number of rotatable bonds is 12. The molecule has 1 aliphatic carbocycles. The van der Waals surface area contributed by atoms with Crippen LogP contribution < -0.4 is 22.0 Å². The van der Waals surface area contributed by atoms with Gasteiger partial charge in [-0.2, -0.15) is 0 Å². The van der Waals surface area contributed by atoms with Crippen molar-refractivity contribution < 1.29 is 18.4 Å². The number of nitrogens with zero attached hydrogens (tertiary/aromatic N) is 3. The summed E-state index contributed by atoms with van der Waals surface area (Å²) >= 11 is 1.20. The number of anilines is 1. The summed E-state index contributed by atoms with van der Waals surface area (Å²) in [7, 11) is 1.94. The summed E-state index contributed by atoms with van der Waals surface area (Å²) < 4.78 is 32.6. The minimum atomic E-state index is -0.800. The topological polar surface area (TPSA) is 97.6 Å². The fraction of sp³-hybridized carbons (Fsp3) is 0.140. The van der Waals surface area contributed by atoms with Crippen LogP contribution in [0, 0.1) is 11.6 Å². The monoisotopic (exact) mass is 757 g/mol. The van der Waals surface area contributed by atoms with Gasteiger partial charge in [-0.25, -0.2) is 28.4 Å². The first kappa shape index (κ1) is 37.1. The molecule has 0 unspecified atom stereocenters. The minimum Gasteiger partial charge on any atom is -0.306 e. The van der Waals surface area contributed by atoms with Crippen molar-refractivity contribution in [2.24, 2.45) is 0 Å². The average Bonchev–Trinajstić information content (AvgIpc) is 3.34. The van der Waals surface area contributed by atoms with Crippen molar-refractivity contribution >= 4 is 33.3 Å². The quantitative estimate of drug-likeness (QED) is 0.122. The van der Waals surface area contributed by atoms with E-state index in [2.05, 4.69) is 15.7 Å². The molecule has 2 heterocycles. The number of amides is 2. The Bertz CT molecular complexity index is 2520. The number of urea groups is 1. The van der Waals surface area contributed by atoms with E-state index < -0.39 is 35.5 Å². The van der Waals surface area contributed by atoms with Crippen LogP contribution in [-0.4, -0.2) is 33.7 Å². The maximum absolute atomic E-state index is 15.1. The molecule has 7 rings (SSSR count). The van der Waals surface area contributed by atoms with Crippen LogP contribution in [0.25, 0.3) is 26.3 Å². The third kappa shape index (κ3) is 8.47. The molecule has 2 aromatic heterocycles. The number of allylic oxidation sites excluding steroid dienone is 5. The van der Waals surface area contributed by atoms with Gasteiger partial charge in [0.25, 0.3) is 5.56 Å². The molecule has 0 bridgehead atoms. The summed E-state index contributed by atoms with van der Waals surface area (Å²) in [6, 6.07) is 28.5. The Morgan fingerprint density at radius 3 is 2.27 bits per heavy atom. The van der Waals surface area contributed by atoms with Crippen molar-refractivity contribution in [1.29, 1.82) is 0 Å². The molecule has 55 heavy (non-hydrogen) atoms. The Hall–Kier alpha value is -6.21. The standard InChI is InChI=1S/C43H37F2N5O4S/c1-48(25-29-13-8-4-9-14-29)26-35-38-40(51)50(33-17-10-5-11-18-33)43(53)49(27-34-36(44)19-12-20-37(34)45)41(38)55-39(35)31-21-23-32(24-22-31)46-42(52)47-54-28-30-15-6-2-3-7-16-30/h2-15,17-24H,16,25-28H2,1H3,(H2,46,47,52). The molecule has 0 saturated heterocycles. The summed E-state index contributed by atoms with van der Waals surface area (Å²) in [6.07, 6.45) is 10.4. The highest BCUT2D eigenvalue weighted by Crippen LogP contribution is 2.39. The Morgan fingerprint density at radius 2 is 1.55 bits per heavy atom. The molecule has 0 aliphatic heterocycles. The number of nitrogens with one attached hydrogen (secondary N) is 2. The molecule has 4 aromatic carbocycles. The highest BCUT2D eigenvalue weighted by atomic mass is 32.1. The first-order chi connectivity index (χ1) is 26.8. The van der Waals surface area contributed by atoms with Gasteiger partial charge in [-0.3, -0.25) is 19.1 Å². The smallest absolute Gasteiger partial charge is 0.306 e. The predicted octanol–water partition coefficient (Wildman–Crippen LogP) is 8.34. The number of hydrogen-bond donors (Lipinski definition) is 2. The third-order valence-corrected chi connectivity index (χ3v) is 10.4. The number of benzene rings is 4. The van der Waals surface area contributed by atoms with Crippen LogP contribution in [0.5, 0.6) is 0 Å². The van der Waals surface area contributed by atoms with Gasteiger partial charge in [-0.05, 0) is 72.1 Å². The molecule has 12 heteroatoms. The summed E-state index contributed by atoms with van der Waals surface area (Å²) in [5.41, 5.74) is 5.12. The Labute approximate surface area is 319 Å². The second-order valence-corrected chi connectivity index (χ2v) is 14.1. The fourth-order valence-electron chi connectivity index (χ4n) is 6.44. The van der Waals surface area contributed by atoms with Crippen LogP contribution in [0.15, 0.2) is 149 Å². The van der Waals surface area contributed by atoms with Crippen LogP contribution in [0.1, 0.15) is 23.1 Å². The Kier molecular flexibility index (Phi) is 11.4. The second-order valence-electron chi connectivity index (χ2n) is 13.1. The SMILES string of the molecule is CN(Cc1ccccc1)Cc1c(-c2ccc(NC(=O)NOCC3=CC=CC=CC3)cc2)sc2c1c(=O)n(-c1ccccc1)c(=O)n2Cc1c(F)cccc1F. The zero-order chi connectivity index (χ0) is 38.3. The van der Waals surface area contributed by atoms with Crippen molar-refractivity contribution in [3.8, 4) is 16.1 Å². The molecule has 1 aliphatic rings. The van der Waals surface area contributed by atoms with Gasteiger partial charge in [-0.15, -0.1) is 11.3 Å². The molecule has 2 amide bonds. The van der Waals surface area contributed by atoms with Gasteiger partial charge in [0.05, 0.1) is 24.2 Å². The number of hydrogen-bond acceptors (Lipinski definition) is 6. The predicted molar refractivity (Wildman–Crippen MR) is 213 cm³/mol. The molecular weight excluding hydrogens is 721 g/mol. The molecule has 278 valence electrons. The number of carbonyl (C=O) groups excluding carboxylic acids is 1. The molecule has 0 atom stereocenters. The van der Waals surface area contributed by atoms with Gasteiger partial charge >= 0.3 is 11.7 Å². The van der Waals surface area contributed by atoms with Crippen LogP contribution in [-0.2, 0) is 24.5 Å². The van der Waals surface area contributed by atoms with Crippen LogP contribution >= 0.6 is 11.3 Å². The van der Waals surface area contributed by atoms with Crippen LogP contribution in [0.3, 0.4) is 0 Å². The number of aromatic nitrogens is 2. The lowest BCUT2D eigenvalue weighted by Gasteiger charge is -2.18. The van der Waals surface area contributed by atoms with E-state index >= 15 is 8.78 Å². The normalized spacial score (nSPS) is 12.5. The number of thiophene rings is 1. The van der Waals surface area contributed by atoms with Crippen molar-refractivity contribution in [2.45, 2.75) is 26.1 Å². The van der Waals surface area contributed by atoms with E-state index in [1.54, 1.807) is 42.5 Å². The van der Waals surface area contributed by atoms with Crippen molar-refractivity contribution in [1.82, 2.24) is 19.5 Å². The summed E-state index contributed by atoms with van der Waals surface area (Å²) in [5, 5.41) is 3.04. The number of halogens is 2. The number of carbonyl (C=O) groups is 1. The number of fused-ring (bicyclic) bond motifs is 1. The van der Waals surface area contributed by atoms with E-state index in [0.717, 1.165) is 39.8 Å². The zero-order valence-electron chi connectivity index (χ0n) is 29.9. The first-order valence-electron chi connectivity index (χ1n) is 17.6. The maximum Gasteiger partial charge on any atom is 0.343 e. The largest absolute Gasteiger partial charge is 0.343 e. The average molecular weight is 758 g/mol. The molecule has 0 spiro atoms. The van der Waals surface area contributed by atoms with E-state index in [9.17, 15) is 14.4 Å². The maximum atomic E-state index is 15.1. The van der Waals surface area contributed by atoms with Crippen molar-refractivity contribution in [2.75, 3.05) is 19.0 Å². The van der Waals surface area contributed by atoms with Gasteiger partial charge in [0.1, 0.15) is 16.5 Å². The first-order valence-corrected chi connectivity index (χ1v) is 18.4. The van der Waals surface area contributed by atoms with Gasteiger partial charge in [0.15, 0.2) is 0 Å². The lowest BCUT2D eigenvalue weighted by Crippen LogP contribution is -2.39. The molecular formula is C43H37F2N5O4S. The number of hydroxylamine groups is 1. The third-order valence-electron chi connectivity index (χ3n) is 9.09. The molecule has 6 aromatic rings. The summed E-state index contributed by atoms with van der Waals surface area (Å²) in [4.78, 5) is 50.0. The molecule has 9 nitrogen and oxygen atoms in total. The van der Waals surface area contributed by atoms with Crippen molar-refractivity contribution in [3.63, 3.8) is 0 Å². The molecule has 0 radical (unpaired) electrons. The Balaban J connectivity index is 1.29. The van der Waals surface area contributed by atoms with Crippen LogP contribution in [0.4, 0.5) is 19.3 Å². The van der Waals surface area contributed by atoms with Crippen LogP contribution in [0.2, 0.25) is 0 Å². The van der Waals surface area contributed by atoms with Gasteiger partial charge in [0, 0.05) is 29.2 Å². The summed E-state index contributed by atoms with van der Waals surface area (Å²) in [6.45, 7) is 0.664. The van der Waals surface area contributed by atoms with E-state index in [0.29, 0.717) is 34.9 Å². The number of para-hydroxylation sites is 1. The van der Waals surface area contributed by atoms with E-state index in [1.807, 2.05) is 79.9 Å². The highest BCUT2D eigenvalue weighted by Gasteiger charge is 2.26. The van der Waals surface area contributed by atoms with E-state index in [-0.39, 0.29) is 22.4 Å². The van der Waals surface area contributed by atoms with Crippen molar-refractivity contribution in [3.05, 3.63) is 188 Å². The van der Waals surface area contributed by atoms with E-state index in [4.69, 9.17) is 4.84 Å². The van der Waals surface area contributed by atoms with Gasteiger partial charge in [-0.1, -0.05) is 97.1 Å². The Morgan fingerprint density at radius 1 is 0.836 bits per heavy atom. The van der Waals surface area contributed by atoms with Gasteiger partial charge < -0.3 is 5.32 Å². The molecule has 0 fully saturated rings.